The molecule has 110 valence electrons. The van der Waals surface area contributed by atoms with E-state index in [0.29, 0.717) is 11.5 Å². The van der Waals surface area contributed by atoms with Gasteiger partial charge in [0.1, 0.15) is 0 Å². The quantitative estimate of drug-likeness (QED) is 0.852. The minimum absolute atomic E-state index is 0.319. The zero-order chi connectivity index (χ0) is 14.3. The van der Waals surface area contributed by atoms with E-state index in [4.69, 9.17) is 9.84 Å². The fourth-order valence-corrected chi connectivity index (χ4v) is 3.17. The van der Waals surface area contributed by atoms with Crippen LogP contribution < -0.4 is 0 Å². The van der Waals surface area contributed by atoms with Crippen LogP contribution in [-0.2, 0) is 10.2 Å². The van der Waals surface area contributed by atoms with Gasteiger partial charge in [0.15, 0.2) is 0 Å². The molecule has 0 unspecified atom stereocenters. The van der Waals surface area contributed by atoms with E-state index in [1.165, 1.54) is 29.8 Å². The lowest BCUT2D eigenvalue weighted by molar-refractivity contribution is 0.0666. The zero-order valence-corrected chi connectivity index (χ0v) is 12.6. The van der Waals surface area contributed by atoms with Crippen molar-refractivity contribution in [2.24, 2.45) is 0 Å². The number of hydrogen-bond acceptors (Lipinski definition) is 2. The lowest BCUT2D eigenvalue weighted by Crippen LogP contribution is -2.21. The fraction of sp³-hybridized carbons (Fsp3) is 0.500. The van der Waals surface area contributed by atoms with Crippen LogP contribution in [0.3, 0.4) is 0 Å². The Morgan fingerprint density at radius 1 is 1.14 bits per heavy atom. The Labute approximate surface area is 125 Å². The third-order valence-corrected chi connectivity index (χ3v) is 4.96. The number of benzene rings is 1. The molecule has 0 bridgehead atoms. The molecule has 21 heavy (non-hydrogen) atoms. The summed E-state index contributed by atoms with van der Waals surface area (Å²) in [4.78, 5) is 0. The van der Waals surface area contributed by atoms with Crippen LogP contribution >= 0.6 is 0 Å². The maximum Gasteiger partial charge on any atom is 0.0690 e. The normalized spacial score (nSPS) is 21.4. The highest BCUT2D eigenvalue weighted by Crippen LogP contribution is 2.48. The second-order valence-electron chi connectivity index (χ2n) is 6.63. The first-order valence-corrected chi connectivity index (χ1v) is 7.99. The maximum atomic E-state index is 5.51. The Hall–Kier alpha value is -1.61. The number of aromatic nitrogens is 2. The monoisotopic (exact) mass is 282 g/mol. The first kappa shape index (κ1) is 13.1. The molecule has 0 atom stereocenters. The summed E-state index contributed by atoms with van der Waals surface area (Å²) in [5, 5.41) is 5.01. The second-order valence-corrected chi connectivity index (χ2v) is 6.63. The number of ether oxygens (including phenoxy) is 1. The molecule has 0 amide bonds. The summed E-state index contributed by atoms with van der Waals surface area (Å²) in [6.45, 7) is 4.04. The van der Waals surface area contributed by atoms with Crippen molar-refractivity contribution in [1.82, 2.24) is 9.78 Å². The third kappa shape index (κ3) is 2.40. The SMILES string of the molecule is CC1(c2cc(-c3ccccc3)n(C3CCOCC3)n2)CC1. The summed E-state index contributed by atoms with van der Waals surface area (Å²) in [6.07, 6.45) is 4.67. The molecule has 2 aliphatic rings. The van der Waals surface area contributed by atoms with E-state index >= 15 is 0 Å². The van der Waals surface area contributed by atoms with Crippen LogP contribution in [-0.4, -0.2) is 23.0 Å². The highest BCUT2D eigenvalue weighted by Gasteiger charge is 2.42. The molecule has 1 aliphatic heterocycles. The topological polar surface area (TPSA) is 27.1 Å². The van der Waals surface area contributed by atoms with E-state index < -0.39 is 0 Å². The molecule has 2 aromatic rings. The van der Waals surface area contributed by atoms with Crippen molar-refractivity contribution >= 4 is 0 Å². The molecule has 0 N–H and O–H groups in total. The Balaban J connectivity index is 1.77. The van der Waals surface area contributed by atoms with Gasteiger partial charge >= 0.3 is 0 Å². The van der Waals surface area contributed by atoms with Crippen LogP contribution in [0, 0.1) is 0 Å². The average molecular weight is 282 g/mol. The molecular formula is C18H22N2O. The molecule has 2 fully saturated rings. The van der Waals surface area contributed by atoms with Gasteiger partial charge in [0.2, 0.25) is 0 Å². The minimum atomic E-state index is 0.319. The summed E-state index contributed by atoms with van der Waals surface area (Å²) in [7, 11) is 0. The minimum Gasteiger partial charge on any atom is -0.381 e. The molecule has 1 aromatic heterocycles. The van der Waals surface area contributed by atoms with Crippen LogP contribution in [0.15, 0.2) is 36.4 Å². The molecule has 0 radical (unpaired) electrons. The van der Waals surface area contributed by atoms with Crippen LogP contribution in [0.1, 0.15) is 44.3 Å². The lowest BCUT2D eigenvalue weighted by Gasteiger charge is -2.24. The molecule has 3 heteroatoms. The van der Waals surface area contributed by atoms with Crippen molar-refractivity contribution in [2.75, 3.05) is 13.2 Å². The number of hydrogen-bond donors (Lipinski definition) is 0. The lowest BCUT2D eigenvalue weighted by atomic mass is 10.0. The first-order chi connectivity index (χ1) is 10.3. The molecular weight excluding hydrogens is 260 g/mol. The van der Waals surface area contributed by atoms with Crippen molar-refractivity contribution < 1.29 is 4.74 Å². The average Bonchev–Trinajstić information content (AvgIpc) is 3.14. The molecule has 1 aromatic carbocycles. The smallest absolute Gasteiger partial charge is 0.0690 e. The predicted molar refractivity (Wildman–Crippen MR) is 83.3 cm³/mol. The second kappa shape index (κ2) is 4.99. The van der Waals surface area contributed by atoms with Gasteiger partial charge in [-0.25, -0.2) is 0 Å². The summed E-state index contributed by atoms with van der Waals surface area (Å²) in [5.41, 5.74) is 4.13. The zero-order valence-electron chi connectivity index (χ0n) is 12.6. The third-order valence-electron chi connectivity index (χ3n) is 4.96. The summed E-state index contributed by atoms with van der Waals surface area (Å²) < 4.78 is 7.79. The largest absolute Gasteiger partial charge is 0.381 e. The van der Waals surface area contributed by atoms with Crippen molar-refractivity contribution in [3.63, 3.8) is 0 Å². The molecule has 2 heterocycles. The summed E-state index contributed by atoms with van der Waals surface area (Å²) in [5.74, 6) is 0. The Kier molecular flexibility index (Phi) is 3.11. The van der Waals surface area contributed by atoms with Crippen molar-refractivity contribution in [3.05, 3.63) is 42.1 Å². The first-order valence-electron chi connectivity index (χ1n) is 7.99. The van der Waals surface area contributed by atoms with Crippen molar-refractivity contribution in [2.45, 2.75) is 44.1 Å². The Bertz CT molecular complexity index is 622. The summed E-state index contributed by atoms with van der Waals surface area (Å²) in [6, 6.07) is 13.5. The van der Waals surface area contributed by atoms with Crippen LogP contribution in [0.25, 0.3) is 11.3 Å². The van der Waals surface area contributed by atoms with Gasteiger partial charge in [-0.05, 0) is 37.3 Å². The highest BCUT2D eigenvalue weighted by molar-refractivity contribution is 5.60. The number of rotatable bonds is 3. The van der Waals surface area contributed by atoms with E-state index in [2.05, 4.69) is 48.0 Å². The van der Waals surface area contributed by atoms with Gasteiger partial charge in [-0.2, -0.15) is 5.10 Å². The predicted octanol–water partition coefficient (Wildman–Crippen LogP) is 3.95. The maximum absolute atomic E-state index is 5.51. The Morgan fingerprint density at radius 3 is 2.52 bits per heavy atom. The van der Waals surface area contributed by atoms with E-state index in [9.17, 15) is 0 Å². The van der Waals surface area contributed by atoms with Crippen molar-refractivity contribution in [3.8, 4) is 11.3 Å². The molecule has 1 saturated heterocycles. The standard InChI is InChI=1S/C18H22N2O/c1-18(9-10-18)17-13-16(14-5-3-2-4-6-14)20(19-17)15-7-11-21-12-8-15/h2-6,13,15H,7-12H2,1H3. The van der Waals surface area contributed by atoms with Gasteiger partial charge < -0.3 is 4.74 Å². The van der Waals surface area contributed by atoms with Crippen LogP contribution in [0.4, 0.5) is 0 Å². The van der Waals surface area contributed by atoms with Crippen LogP contribution in [0.5, 0.6) is 0 Å². The van der Waals surface area contributed by atoms with E-state index in [1.807, 2.05) is 0 Å². The van der Waals surface area contributed by atoms with Gasteiger partial charge in [0.05, 0.1) is 17.4 Å². The van der Waals surface area contributed by atoms with E-state index in [1.54, 1.807) is 0 Å². The fourth-order valence-electron chi connectivity index (χ4n) is 3.17. The molecule has 1 saturated carbocycles. The summed E-state index contributed by atoms with van der Waals surface area (Å²) >= 11 is 0. The van der Waals surface area contributed by atoms with Gasteiger partial charge in [-0.3, -0.25) is 4.68 Å². The van der Waals surface area contributed by atoms with E-state index in [0.717, 1.165) is 26.1 Å². The van der Waals surface area contributed by atoms with Crippen molar-refractivity contribution in [1.29, 1.82) is 0 Å². The molecule has 1 aliphatic carbocycles. The van der Waals surface area contributed by atoms with Gasteiger partial charge in [-0.1, -0.05) is 37.3 Å². The van der Waals surface area contributed by atoms with Crippen LogP contribution in [0.2, 0.25) is 0 Å². The highest BCUT2D eigenvalue weighted by atomic mass is 16.5. The molecule has 0 spiro atoms. The number of nitrogens with zero attached hydrogens (tertiary/aromatic N) is 2. The molecule has 4 rings (SSSR count). The van der Waals surface area contributed by atoms with E-state index in [-0.39, 0.29) is 0 Å². The molecule has 3 nitrogen and oxygen atoms in total. The van der Waals surface area contributed by atoms with Gasteiger partial charge in [-0.15, -0.1) is 0 Å². The Morgan fingerprint density at radius 2 is 1.86 bits per heavy atom. The van der Waals surface area contributed by atoms with Gasteiger partial charge in [0, 0.05) is 18.6 Å². The van der Waals surface area contributed by atoms with Gasteiger partial charge in [0.25, 0.3) is 0 Å².